The van der Waals surface area contributed by atoms with E-state index in [0.717, 1.165) is 18.1 Å². The van der Waals surface area contributed by atoms with Gasteiger partial charge in [-0.15, -0.1) is 0 Å². The SMILES string of the molecule is COc1ccccc1C(C)c1ccccc1OCC1CO1. The molecule has 2 aromatic carbocycles. The van der Waals surface area contributed by atoms with Crippen LogP contribution in [0.25, 0.3) is 0 Å². The number of epoxide rings is 1. The van der Waals surface area contributed by atoms with Gasteiger partial charge < -0.3 is 14.2 Å². The van der Waals surface area contributed by atoms with Crippen molar-refractivity contribution in [1.29, 1.82) is 0 Å². The maximum Gasteiger partial charge on any atom is 0.123 e. The number of rotatable bonds is 6. The summed E-state index contributed by atoms with van der Waals surface area (Å²) in [5.41, 5.74) is 2.33. The molecule has 2 atom stereocenters. The van der Waals surface area contributed by atoms with Crippen LogP contribution in [-0.2, 0) is 4.74 Å². The summed E-state index contributed by atoms with van der Waals surface area (Å²) < 4.78 is 16.6. The molecule has 1 aliphatic rings. The van der Waals surface area contributed by atoms with E-state index < -0.39 is 0 Å². The van der Waals surface area contributed by atoms with Gasteiger partial charge in [0.25, 0.3) is 0 Å². The lowest BCUT2D eigenvalue weighted by molar-refractivity contribution is 0.260. The number of benzene rings is 2. The van der Waals surface area contributed by atoms with E-state index in [9.17, 15) is 0 Å². The molecular formula is C18H20O3. The Bertz CT molecular complexity index is 605. The predicted octanol–water partition coefficient (Wildman–Crippen LogP) is 3.62. The molecule has 0 radical (unpaired) electrons. The van der Waals surface area contributed by atoms with Crippen LogP contribution in [0.15, 0.2) is 48.5 Å². The molecule has 0 bridgehead atoms. The minimum absolute atomic E-state index is 0.206. The van der Waals surface area contributed by atoms with Crippen LogP contribution >= 0.6 is 0 Å². The average molecular weight is 284 g/mol. The molecule has 3 heteroatoms. The van der Waals surface area contributed by atoms with E-state index in [4.69, 9.17) is 14.2 Å². The zero-order valence-corrected chi connectivity index (χ0v) is 12.4. The minimum Gasteiger partial charge on any atom is -0.496 e. The van der Waals surface area contributed by atoms with Gasteiger partial charge in [0.05, 0.1) is 13.7 Å². The van der Waals surface area contributed by atoms with Crippen molar-refractivity contribution >= 4 is 0 Å². The zero-order chi connectivity index (χ0) is 14.7. The molecule has 1 fully saturated rings. The Morgan fingerprint density at radius 2 is 1.62 bits per heavy atom. The lowest BCUT2D eigenvalue weighted by Crippen LogP contribution is -2.08. The topological polar surface area (TPSA) is 31.0 Å². The second kappa shape index (κ2) is 6.19. The average Bonchev–Trinajstić information content (AvgIpc) is 3.37. The third kappa shape index (κ3) is 3.19. The van der Waals surface area contributed by atoms with Crippen LogP contribution in [0, 0.1) is 0 Å². The molecule has 0 spiro atoms. The Morgan fingerprint density at radius 1 is 1.05 bits per heavy atom. The molecule has 0 saturated carbocycles. The molecule has 1 heterocycles. The van der Waals surface area contributed by atoms with Crippen molar-refractivity contribution in [2.24, 2.45) is 0 Å². The molecule has 1 aliphatic heterocycles. The van der Waals surface area contributed by atoms with Crippen molar-refractivity contribution < 1.29 is 14.2 Å². The molecule has 0 aliphatic carbocycles. The molecule has 3 rings (SSSR count). The fraction of sp³-hybridized carbons (Fsp3) is 0.333. The Labute approximate surface area is 125 Å². The number of methoxy groups -OCH3 is 1. The third-order valence-electron chi connectivity index (χ3n) is 3.82. The van der Waals surface area contributed by atoms with Gasteiger partial charge in [-0.25, -0.2) is 0 Å². The predicted molar refractivity (Wildman–Crippen MR) is 82.2 cm³/mol. The first kappa shape index (κ1) is 14.0. The molecule has 0 N–H and O–H groups in total. The van der Waals surface area contributed by atoms with Gasteiger partial charge in [-0.2, -0.15) is 0 Å². The second-order valence-electron chi connectivity index (χ2n) is 5.27. The van der Waals surface area contributed by atoms with E-state index in [0.29, 0.717) is 6.61 Å². The van der Waals surface area contributed by atoms with E-state index in [-0.39, 0.29) is 12.0 Å². The van der Waals surface area contributed by atoms with Crippen LogP contribution in [-0.4, -0.2) is 26.4 Å². The summed E-state index contributed by atoms with van der Waals surface area (Å²) in [7, 11) is 1.71. The summed E-state index contributed by atoms with van der Waals surface area (Å²) in [5.74, 6) is 2.04. The largest absolute Gasteiger partial charge is 0.496 e. The Balaban J connectivity index is 1.87. The summed E-state index contributed by atoms with van der Waals surface area (Å²) in [6, 6.07) is 16.3. The molecule has 1 saturated heterocycles. The van der Waals surface area contributed by atoms with E-state index in [1.54, 1.807) is 7.11 Å². The van der Waals surface area contributed by atoms with Crippen molar-refractivity contribution in [3.8, 4) is 11.5 Å². The second-order valence-corrected chi connectivity index (χ2v) is 5.27. The van der Waals surface area contributed by atoms with E-state index >= 15 is 0 Å². The van der Waals surface area contributed by atoms with Crippen molar-refractivity contribution in [2.45, 2.75) is 18.9 Å². The normalized spacial score (nSPS) is 18.1. The van der Waals surface area contributed by atoms with E-state index in [2.05, 4.69) is 19.1 Å². The van der Waals surface area contributed by atoms with Gasteiger partial charge in [-0.1, -0.05) is 43.3 Å². The highest BCUT2D eigenvalue weighted by Gasteiger charge is 2.24. The maximum atomic E-state index is 5.91. The standard InChI is InChI=1S/C18H20O3/c1-13(15-7-3-5-9-17(15)19-2)16-8-4-6-10-18(16)21-12-14-11-20-14/h3-10,13-14H,11-12H2,1-2H3. The highest BCUT2D eigenvalue weighted by molar-refractivity contribution is 5.46. The monoisotopic (exact) mass is 284 g/mol. The maximum absolute atomic E-state index is 5.91. The van der Waals surface area contributed by atoms with Crippen LogP contribution in [0.4, 0.5) is 0 Å². The fourth-order valence-corrected chi connectivity index (χ4v) is 2.51. The first-order valence-electron chi connectivity index (χ1n) is 7.26. The molecular weight excluding hydrogens is 264 g/mol. The van der Waals surface area contributed by atoms with Gasteiger partial charge in [-0.3, -0.25) is 0 Å². The quantitative estimate of drug-likeness (QED) is 0.759. The summed E-state index contributed by atoms with van der Waals surface area (Å²) in [4.78, 5) is 0. The summed E-state index contributed by atoms with van der Waals surface area (Å²) >= 11 is 0. The van der Waals surface area contributed by atoms with Gasteiger partial charge in [0.15, 0.2) is 0 Å². The smallest absolute Gasteiger partial charge is 0.123 e. The minimum atomic E-state index is 0.206. The van der Waals surface area contributed by atoms with Gasteiger partial charge >= 0.3 is 0 Å². The van der Waals surface area contributed by atoms with Gasteiger partial charge in [-0.05, 0) is 12.1 Å². The molecule has 2 aromatic rings. The molecule has 3 nitrogen and oxygen atoms in total. The molecule has 0 amide bonds. The van der Waals surface area contributed by atoms with Gasteiger partial charge in [0.2, 0.25) is 0 Å². The summed E-state index contributed by atoms with van der Waals surface area (Å²) in [5, 5.41) is 0. The molecule has 21 heavy (non-hydrogen) atoms. The van der Waals surface area contributed by atoms with Crippen LogP contribution in [0.3, 0.4) is 0 Å². The zero-order valence-electron chi connectivity index (χ0n) is 12.4. The molecule has 110 valence electrons. The van der Waals surface area contributed by atoms with Crippen LogP contribution in [0.1, 0.15) is 24.0 Å². The Morgan fingerprint density at radius 3 is 2.24 bits per heavy atom. The Hall–Kier alpha value is -2.00. The first-order chi connectivity index (χ1) is 10.3. The van der Waals surface area contributed by atoms with E-state index in [1.165, 1.54) is 11.1 Å². The van der Waals surface area contributed by atoms with Gasteiger partial charge in [0.1, 0.15) is 24.2 Å². The third-order valence-corrected chi connectivity index (χ3v) is 3.82. The Kier molecular flexibility index (Phi) is 4.11. The van der Waals surface area contributed by atoms with Crippen molar-refractivity contribution in [2.75, 3.05) is 20.3 Å². The van der Waals surface area contributed by atoms with Crippen molar-refractivity contribution in [1.82, 2.24) is 0 Å². The number of ether oxygens (including phenoxy) is 3. The van der Waals surface area contributed by atoms with Crippen molar-refractivity contribution in [3.63, 3.8) is 0 Å². The van der Waals surface area contributed by atoms with Crippen LogP contribution in [0.2, 0.25) is 0 Å². The first-order valence-corrected chi connectivity index (χ1v) is 7.26. The highest BCUT2D eigenvalue weighted by atomic mass is 16.6. The lowest BCUT2D eigenvalue weighted by atomic mass is 9.92. The molecule has 2 unspecified atom stereocenters. The summed E-state index contributed by atoms with van der Waals surface area (Å²) in [6.45, 7) is 3.60. The number of hydrogen-bond donors (Lipinski definition) is 0. The van der Waals surface area contributed by atoms with Crippen molar-refractivity contribution in [3.05, 3.63) is 59.7 Å². The fourth-order valence-electron chi connectivity index (χ4n) is 2.51. The number of para-hydroxylation sites is 2. The van der Waals surface area contributed by atoms with E-state index in [1.807, 2.05) is 36.4 Å². The van der Waals surface area contributed by atoms with Gasteiger partial charge in [0, 0.05) is 17.0 Å². The van der Waals surface area contributed by atoms with Crippen LogP contribution < -0.4 is 9.47 Å². The highest BCUT2D eigenvalue weighted by Crippen LogP contribution is 2.36. The van der Waals surface area contributed by atoms with Crippen LogP contribution in [0.5, 0.6) is 11.5 Å². The molecule has 0 aromatic heterocycles. The lowest BCUT2D eigenvalue weighted by Gasteiger charge is -2.19. The number of hydrogen-bond acceptors (Lipinski definition) is 3. The summed E-state index contributed by atoms with van der Waals surface area (Å²) in [6.07, 6.45) is 0.264.